The first-order valence-corrected chi connectivity index (χ1v) is 7.77. The van der Waals surface area contributed by atoms with E-state index in [4.69, 9.17) is 9.26 Å². The lowest BCUT2D eigenvalue weighted by Crippen LogP contribution is -2.47. The summed E-state index contributed by atoms with van der Waals surface area (Å²) in [7, 11) is 0. The summed E-state index contributed by atoms with van der Waals surface area (Å²) in [5, 5.41) is 4.15. The molecule has 2 aliphatic heterocycles. The van der Waals surface area contributed by atoms with E-state index in [0.717, 1.165) is 30.8 Å². The van der Waals surface area contributed by atoms with Crippen molar-refractivity contribution in [2.45, 2.75) is 32.2 Å². The minimum atomic E-state index is 0.199. The molecule has 3 rings (SSSR count). The zero-order valence-electron chi connectivity index (χ0n) is 12.6. The van der Waals surface area contributed by atoms with Gasteiger partial charge in [-0.15, -0.1) is 0 Å². The number of rotatable bonds is 3. The third kappa shape index (κ3) is 3.44. The predicted octanol–water partition coefficient (Wildman–Crippen LogP) is 1.37. The lowest BCUT2D eigenvalue weighted by atomic mass is 9.99. The minimum absolute atomic E-state index is 0.199. The number of nitrogens with zero attached hydrogens (tertiary/aromatic N) is 3. The molecule has 2 fully saturated rings. The van der Waals surface area contributed by atoms with Crippen LogP contribution in [0.5, 0.6) is 0 Å². The van der Waals surface area contributed by atoms with Crippen LogP contribution in [0, 0.1) is 6.92 Å². The Morgan fingerprint density at radius 3 is 2.86 bits per heavy atom. The highest BCUT2D eigenvalue weighted by Gasteiger charge is 2.29. The summed E-state index contributed by atoms with van der Waals surface area (Å²) in [6, 6.07) is 2.20. The number of ether oxygens (including phenoxy) is 1. The first-order valence-electron chi connectivity index (χ1n) is 7.77. The Kier molecular flexibility index (Phi) is 4.55. The van der Waals surface area contributed by atoms with E-state index in [1.165, 1.54) is 6.42 Å². The van der Waals surface area contributed by atoms with Crippen molar-refractivity contribution >= 4 is 5.91 Å². The largest absolute Gasteiger partial charge is 0.378 e. The molecule has 1 amide bonds. The molecule has 0 aliphatic carbocycles. The normalized spacial score (nSPS) is 24.2. The van der Waals surface area contributed by atoms with E-state index in [9.17, 15) is 4.79 Å². The Morgan fingerprint density at radius 1 is 1.33 bits per heavy atom. The first kappa shape index (κ1) is 14.5. The first-order chi connectivity index (χ1) is 10.2. The molecule has 0 saturated carbocycles. The molecule has 3 heterocycles. The molecule has 6 nitrogen and oxygen atoms in total. The monoisotopic (exact) mass is 293 g/mol. The van der Waals surface area contributed by atoms with E-state index in [-0.39, 0.29) is 11.9 Å². The van der Waals surface area contributed by atoms with Crippen LogP contribution in [0.3, 0.4) is 0 Å². The average Bonchev–Trinajstić information content (AvgIpc) is 2.95. The Labute approximate surface area is 125 Å². The molecule has 0 bridgehead atoms. The summed E-state index contributed by atoms with van der Waals surface area (Å²) in [5.74, 6) is 1.03. The SMILES string of the molecule is Cc1cc([C@@H]2CCCCN2CC(=O)N2CCOCC2)no1. The molecule has 2 saturated heterocycles. The van der Waals surface area contributed by atoms with Crippen LogP contribution in [0.4, 0.5) is 0 Å². The van der Waals surface area contributed by atoms with Crippen molar-refractivity contribution in [3.05, 3.63) is 17.5 Å². The molecule has 2 aliphatic rings. The van der Waals surface area contributed by atoms with E-state index < -0.39 is 0 Å². The maximum atomic E-state index is 12.4. The maximum absolute atomic E-state index is 12.4. The molecule has 6 heteroatoms. The molecule has 21 heavy (non-hydrogen) atoms. The van der Waals surface area contributed by atoms with Gasteiger partial charge >= 0.3 is 0 Å². The van der Waals surface area contributed by atoms with Crippen LogP contribution in [0.1, 0.15) is 36.8 Å². The van der Waals surface area contributed by atoms with Crippen molar-refractivity contribution in [2.75, 3.05) is 39.4 Å². The Bertz CT molecular complexity index is 482. The summed E-state index contributed by atoms with van der Waals surface area (Å²) in [4.78, 5) is 16.6. The molecule has 0 radical (unpaired) electrons. The van der Waals surface area contributed by atoms with Gasteiger partial charge in [0.2, 0.25) is 5.91 Å². The van der Waals surface area contributed by atoms with Crippen molar-refractivity contribution in [1.82, 2.24) is 15.0 Å². The van der Waals surface area contributed by atoms with Crippen molar-refractivity contribution in [2.24, 2.45) is 0 Å². The number of piperidine rings is 1. The molecule has 0 aromatic carbocycles. The topological polar surface area (TPSA) is 58.8 Å². The average molecular weight is 293 g/mol. The molecule has 0 N–H and O–H groups in total. The third-order valence-electron chi connectivity index (χ3n) is 4.30. The van der Waals surface area contributed by atoms with Crippen LogP contribution in [0.15, 0.2) is 10.6 Å². The summed E-state index contributed by atoms with van der Waals surface area (Å²) in [6.07, 6.45) is 3.37. The van der Waals surface area contributed by atoms with Crippen molar-refractivity contribution in [1.29, 1.82) is 0 Å². The van der Waals surface area contributed by atoms with Crippen molar-refractivity contribution < 1.29 is 14.1 Å². The zero-order valence-corrected chi connectivity index (χ0v) is 12.6. The van der Waals surface area contributed by atoms with Gasteiger partial charge in [0.1, 0.15) is 11.5 Å². The minimum Gasteiger partial charge on any atom is -0.378 e. The number of carbonyl (C=O) groups excluding carboxylic acids is 1. The van der Waals surface area contributed by atoms with Gasteiger partial charge in [-0.25, -0.2) is 0 Å². The van der Waals surface area contributed by atoms with Crippen LogP contribution >= 0.6 is 0 Å². The van der Waals surface area contributed by atoms with Crippen LogP contribution in [-0.2, 0) is 9.53 Å². The van der Waals surface area contributed by atoms with E-state index in [2.05, 4.69) is 10.1 Å². The van der Waals surface area contributed by atoms with E-state index in [0.29, 0.717) is 32.8 Å². The number of hydrogen-bond donors (Lipinski definition) is 0. The van der Waals surface area contributed by atoms with Gasteiger partial charge in [0, 0.05) is 19.2 Å². The van der Waals surface area contributed by atoms with E-state index in [1.807, 2.05) is 17.9 Å². The molecule has 1 atom stereocenters. The Balaban J connectivity index is 1.65. The second kappa shape index (κ2) is 6.58. The van der Waals surface area contributed by atoms with Gasteiger partial charge < -0.3 is 14.2 Å². The third-order valence-corrected chi connectivity index (χ3v) is 4.30. The Morgan fingerprint density at radius 2 is 2.14 bits per heavy atom. The molecule has 1 aromatic heterocycles. The zero-order chi connectivity index (χ0) is 14.7. The van der Waals surface area contributed by atoms with Crippen molar-refractivity contribution in [3.8, 4) is 0 Å². The van der Waals surface area contributed by atoms with Gasteiger partial charge in [-0.3, -0.25) is 9.69 Å². The summed E-state index contributed by atoms with van der Waals surface area (Å²) < 4.78 is 10.5. The van der Waals surface area contributed by atoms with Gasteiger partial charge in [-0.05, 0) is 26.3 Å². The van der Waals surface area contributed by atoms with Crippen LogP contribution in [-0.4, -0.2) is 60.3 Å². The second-order valence-corrected chi connectivity index (χ2v) is 5.84. The highest BCUT2D eigenvalue weighted by Crippen LogP contribution is 2.30. The summed E-state index contributed by atoms with van der Waals surface area (Å²) in [5.41, 5.74) is 0.960. The van der Waals surface area contributed by atoms with Gasteiger partial charge in [0.25, 0.3) is 0 Å². The highest BCUT2D eigenvalue weighted by atomic mass is 16.5. The predicted molar refractivity (Wildman–Crippen MR) is 76.8 cm³/mol. The van der Waals surface area contributed by atoms with Gasteiger partial charge in [-0.2, -0.15) is 0 Å². The van der Waals surface area contributed by atoms with E-state index >= 15 is 0 Å². The quantitative estimate of drug-likeness (QED) is 0.842. The standard InChI is InChI=1S/C15H23N3O3/c1-12-10-13(16-21-12)14-4-2-3-5-18(14)11-15(19)17-6-8-20-9-7-17/h10,14H,2-9,11H2,1H3/t14-/m0/s1. The number of aryl methyl sites for hydroxylation is 1. The highest BCUT2D eigenvalue weighted by molar-refractivity contribution is 5.78. The molecule has 0 spiro atoms. The number of morpholine rings is 1. The lowest BCUT2D eigenvalue weighted by Gasteiger charge is -2.36. The second-order valence-electron chi connectivity index (χ2n) is 5.84. The number of aromatic nitrogens is 1. The fourth-order valence-electron chi connectivity index (χ4n) is 3.14. The fourth-order valence-corrected chi connectivity index (χ4v) is 3.14. The van der Waals surface area contributed by atoms with Crippen LogP contribution in [0.25, 0.3) is 0 Å². The van der Waals surface area contributed by atoms with Crippen molar-refractivity contribution in [3.63, 3.8) is 0 Å². The number of likely N-dealkylation sites (tertiary alicyclic amines) is 1. The maximum Gasteiger partial charge on any atom is 0.236 e. The lowest BCUT2D eigenvalue weighted by molar-refractivity contribution is -0.137. The molecular formula is C15H23N3O3. The molecule has 116 valence electrons. The molecule has 0 unspecified atom stereocenters. The van der Waals surface area contributed by atoms with Gasteiger partial charge in [0.15, 0.2) is 0 Å². The number of carbonyl (C=O) groups is 1. The van der Waals surface area contributed by atoms with Crippen LogP contribution < -0.4 is 0 Å². The van der Waals surface area contributed by atoms with Gasteiger partial charge in [-0.1, -0.05) is 11.6 Å². The molecule has 1 aromatic rings. The summed E-state index contributed by atoms with van der Waals surface area (Å²) >= 11 is 0. The number of amides is 1. The van der Waals surface area contributed by atoms with E-state index in [1.54, 1.807) is 0 Å². The molecular weight excluding hydrogens is 270 g/mol. The van der Waals surface area contributed by atoms with Gasteiger partial charge in [0.05, 0.1) is 25.8 Å². The smallest absolute Gasteiger partial charge is 0.236 e. The fraction of sp³-hybridized carbons (Fsp3) is 0.733. The van der Waals surface area contributed by atoms with Crippen LogP contribution in [0.2, 0.25) is 0 Å². The number of hydrogen-bond acceptors (Lipinski definition) is 5. The Hall–Kier alpha value is -1.40. The summed E-state index contributed by atoms with van der Waals surface area (Å²) in [6.45, 7) is 6.04.